The molecule has 1 fully saturated rings. The molecule has 2 nitrogen and oxygen atoms in total. The molecule has 0 saturated carbocycles. The van der Waals surface area contributed by atoms with Gasteiger partial charge < -0.3 is 10.6 Å². The lowest BCUT2D eigenvalue weighted by Crippen LogP contribution is -2.20. The van der Waals surface area contributed by atoms with Crippen LogP contribution in [0.3, 0.4) is 0 Å². The summed E-state index contributed by atoms with van der Waals surface area (Å²) in [7, 11) is 0. The van der Waals surface area contributed by atoms with Crippen molar-refractivity contribution in [3.8, 4) is 0 Å². The Hall–Kier alpha value is -1.18. The maximum absolute atomic E-state index is 5.91. The normalized spacial score (nSPS) is 20.4. The third-order valence-electron chi connectivity index (χ3n) is 4.69. The molecular formula is C18H30N2. The SMILES string of the molecule is CCCC[C@H](C)C[C@@H]1CCN(c2ccc(N)c(C)c2)C1. The summed E-state index contributed by atoms with van der Waals surface area (Å²) in [4.78, 5) is 2.53. The van der Waals surface area contributed by atoms with E-state index >= 15 is 0 Å². The quantitative estimate of drug-likeness (QED) is 0.767. The number of nitrogen functional groups attached to an aromatic ring is 1. The first kappa shape index (κ1) is 15.2. The third kappa shape index (κ3) is 3.91. The van der Waals surface area contributed by atoms with Gasteiger partial charge in [-0.15, -0.1) is 0 Å². The van der Waals surface area contributed by atoms with Crippen LogP contribution < -0.4 is 10.6 Å². The molecule has 1 aromatic carbocycles. The molecule has 0 aliphatic carbocycles. The lowest BCUT2D eigenvalue weighted by molar-refractivity contribution is 0.387. The van der Waals surface area contributed by atoms with Crippen LogP contribution in [0.5, 0.6) is 0 Å². The lowest BCUT2D eigenvalue weighted by Gasteiger charge is -2.21. The molecule has 0 amide bonds. The predicted molar refractivity (Wildman–Crippen MR) is 89.2 cm³/mol. The second-order valence-electron chi connectivity index (χ2n) is 6.62. The second-order valence-corrected chi connectivity index (χ2v) is 6.62. The predicted octanol–water partition coefficient (Wildman–Crippen LogP) is 4.62. The highest BCUT2D eigenvalue weighted by Gasteiger charge is 2.24. The molecule has 0 aromatic heterocycles. The zero-order valence-electron chi connectivity index (χ0n) is 13.4. The molecule has 2 heteroatoms. The van der Waals surface area contributed by atoms with Crippen molar-refractivity contribution >= 4 is 11.4 Å². The van der Waals surface area contributed by atoms with Crippen molar-refractivity contribution in [1.29, 1.82) is 0 Å². The van der Waals surface area contributed by atoms with Crippen LogP contribution in [0, 0.1) is 18.8 Å². The van der Waals surface area contributed by atoms with E-state index < -0.39 is 0 Å². The van der Waals surface area contributed by atoms with E-state index in [-0.39, 0.29) is 0 Å². The van der Waals surface area contributed by atoms with Crippen molar-refractivity contribution in [3.63, 3.8) is 0 Å². The molecule has 20 heavy (non-hydrogen) atoms. The molecule has 1 aliphatic rings. The van der Waals surface area contributed by atoms with Gasteiger partial charge >= 0.3 is 0 Å². The fourth-order valence-corrected chi connectivity index (χ4v) is 3.36. The van der Waals surface area contributed by atoms with Crippen molar-refractivity contribution in [1.82, 2.24) is 0 Å². The summed E-state index contributed by atoms with van der Waals surface area (Å²) in [6.45, 7) is 9.23. The number of rotatable bonds is 6. The Balaban J connectivity index is 1.87. The van der Waals surface area contributed by atoms with Gasteiger partial charge in [0.15, 0.2) is 0 Å². The number of aryl methyl sites for hydroxylation is 1. The molecule has 1 aromatic rings. The fraction of sp³-hybridized carbons (Fsp3) is 0.667. The number of hydrogen-bond donors (Lipinski definition) is 1. The average molecular weight is 274 g/mol. The van der Waals surface area contributed by atoms with E-state index in [0.717, 1.165) is 17.5 Å². The first-order chi connectivity index (χ1) is 9.60. The van der Waals surface area contributed by atoms with Gasteiger partial charge in [0, 0.05) is 24.5 Å². The summed E-state index contributed by atoms with van der Waals surface area (Å²) in [5.41, 5.74) is 9.35. The summed E-state index contributed by atoms with van der Waals surface area (Å²) in [6.07, 6.45) is 6.85. The highest BCUT2D eigenvalue weighted by Crippen LogP contribution is 2.30. The molecule has 0 spiro atoms. The van der Waals surface area contributed by atoms with Crippen molar-refractivity contribution in [2.45, 2.75) is 52.9 Å². The van der Waals surface area contributed by atoms with Crippen LogP contribution in [0.25, 0.3) is 0 Å². The Morgan fingerprint density at radius 1 is 1.40 bits per heavy atom. The minimum atomic E-state index is 0.875. The zero-order valence-corrected chi connectivity index (χ0v) is 13.4. The molecule has 0 unspecified atom stereocenters. The molecule has 0 bridgehead atoms. The average Bonchev–Trinajstić information content (AvgIpc) is 2.88. The van der Waals surface area contributed by atoms with E-state index in [0.29, 0.717) is 0 Å². The van der Waals surface area contributed by atoms with Gasteiger partial charge in [-0.05, 0) is 55.4 Å². The topological polar surface area (TPSA) is 29.3 Å². The summed E-state index contributed by atoms with van der Waals surface area (Å²) in [6, 6.07) is 6.45. The molecule has 0 radical (unpaired) electrons. The summed E-state index contributed by atoms with van der Waals surface area (Å²) in [5, 5.41) is 0. The summed E-state index contributed by atoms with van der Waals surface area (Å²) < 4.78 is 0. The number of anilines is 2. The number of unbranched alkanes of at least 4 members (excludes halogenated alkanes) is 1. The zero-order chi connectivity index (χ0) is 14.5. The van der Waals surface area contributed by atoms with Gasteiger partial charge in [0.05, 0.1) is 0 Å². The number of nitrogens with two attached hydrogens (primary N) is 1. The van der Waals surface area contributed by atoms with Gasteiger partial charge in [-0.2, -0.15) is 0 Å². The van der Waals surface area contributed by atoms with Crippen molar-refractivity contribution < 1.29 is 0 Å². The van der Waals surface area contributed by atoms with Crippen molar-refractivity contribution in [2.24, 2.45) is 11.8 Å². The molecule has 1 aliphatic heterocycles. The van der Waals surface area contributed by atoms with Crippen molar-refractivity contribution in [3.05, 3.63) is 23.8 Å². The number of nitrogens with zero attached hydrogens (tertiary/aromatic N) is 1. The highest BCUT2D eigenvalue weighted by molar-refractivity contribution is 5.58. The largest absolute Gasteiger partial charge is 0.399 e. The van der Waals surface area contributed by atoms with Crippen LogP contribution in [0.4, 0.5) is 11.4 Å². The molecule has 112 valence electrons. The summed E-state index contributed by atoms with van der Waals surface area (Å²) >= 11 is 0. The maximum Gasteiger partial charge on any atom is 0.0370 e. The first-order valence-electron chi connectivity index (χ1n) is 8.21. The Morgan fingerprint density at radius 2 is 2.20 bits per heavy atom. The minimum absolute atomic E-state index is 0.875. The van der Waals surface area contributed by atoms with Crippen LogP contribution >= 0.6 is 0 Å². The third-order valence-corrected chi connectivity index (χ3v) is 4.69. The van der Waals surface area contributed by atoms with E-state index in [1.54, 1.807) is 0 Å². The number of hydrogen-bond acceptors (Lipinski definition) is 2. The van der Waals surface area contributed by atoms with Crippen LogP contribution in [-0.4, -0.2) is 13.1 Å². The van der Waals surface area contributed by atoms with E-state index in [4.69, 9.17) is 5.73 Å². The number of benzene rings is 1. The Morgan fingerprint density at radius 3 is 2.90 bits per heavy atom. The van der Waals surface area contributed by atoms with Gasteiger partial charge in [0.2, 0.25) is 0 Å². The Labute approximate surface area is 124 Å². The molecule has 1 saturated heterocycles. The minimum Gasteiger partial charge on any atom is -0.399 e. The molecular weight excluding hydrogens is 244 g/mol. The van der Waals surface area contributed by atoms with Crippen LogP contribution in [0.1, 0.15) is 51.5 Å². The van der Waals surface area contributed by atoms with E-state index in [1.807, 2.05) is 6.07 Å². The van der Waals surface area contributed by atoms with E-state index in [1.165, 1.54) is 56.4 Å². The molecule has 1 heterocycles. The van der Waals surface area contributed by atoms with E-state index in [9.17, 15) is 0 Å². The van der Waals surface area contributed by atoms with E-state index in [2.05, 4.69) is 37.8 Å². The maximum atomic E-state index is 5.91. The smallest absolute Gasteiger partial charge is 0.0370 e. The van der Waals surface area contributed by atoms with Crippen LogP contribution in [0.15, 0.2) is 18.2 Å². The van der Waals surface area contributed by atoms with Gasteiger partial charge in [-0.1, -0.05) is 33.1 Å². The summed E-state index contributed by atoms with van der Waals surface area (Å²) in [5.74, 6) is 1.76. The second kappa shape index (κ2) is 7.01. The Kier molecular flexibility index (Phi) is 5.33. The van der Waals surface area contributed by atoms with Gasteiger partial charge in [0.1, 0.15) is 0 Å². The highest BCUT2D eigenvalue weighted by atomic mass is 15.1. The standard InChI is InChI=1S/C18H30N2/c1-4-5-6-14(2)11-16-9-10-20(13-16)17-7-8-18(19)15(3)12-17/h7-8,12,14,16H,4-6,9-11,13,19H2,1-3H3/t14-,16-/m0/s1. The van der Waals surface area contributed by atoms with Crippen LogP contribution in [0.2, 0.25) is 0 Å². The monoisotopic (exact) mass is 274 g/mol. The van der Waals surface area contributed by atoms with Gasteiger partial charge in [-0.25, -0.2) is 0 Å². The van der Waals surface area contributed by atoms with Gasteiger partial charge in [0.25, 0.3) is 0 Å². The lowest BCUT2D eigenvalue weighted by atomic mass is 9.91. The van der Waals surface area contributed by atoms with Gasteiger partial charge in [-0.3, -0.25) is 0 Å². The molecule has 2 rings (SSSR count). The van der Waals surface area contributed by atoms with Crippen molar-refractivity contribution in [2.75, 3.05) is 23.7 Å². The molecule has 2 atom stereocenters. The molecule has 2 N–H and O–H groups in total. The fourth-order valence-electron chi connectivity index (χ4n) is 3.36. The Bertz CT molecular complexity index is 427. The first-order valence-corrected chi connectivity index (χ1v) is 8.21. The van der Waals surface area contributed by atoms with Crippen LogP contribution in [-0.2, 0) is 0 Å².